The van der Waals surface area contributed by atoms with Crippen molar-refractivity contribution < 1.29 is 9.18 Å². The zero-order chi connectivity index (χ0) is 20.3. The Morgan fingerprint density at radius 1 is 1.07 bits per heavy atom. The maximum absolute atomic E-state index is 13.1. The molecule has 28 heavy (non-hydrogen) atoms. The van der Waals surface area contributed by atoms with Crippen molar-refractivity contribution >= 4 is 23.4 Å². The first-order valence-electron chi connectivity index (χ1n) is 9.08. The minimum absolute atomic E-state index is 0.0931. The second kappa shape index (κ2) is 8.56. The number of carbonyl (C=O) groups is 1. The Morgan fingerprint density at radius 2 is 1.75 bits per heavy atom. The van der Waals surface area contributed by atoms with E-state index in [2.05, 4.69) is 29.4 Å². The van der Waals surface area contributed by atoms with Crippen molar-refractivity contribution in [2.24, 2.45) is 7.05 Å². The zero-order valence-electron chi connectivity index (χ0n) is 16.3. The van der Waals surface area contributed by atoms with Crippen LogP contribution in [0.1, 0.15) is 32.3 Å². The van der Waals surface area contributed by atoms with Gasteiger partial charge in [-0.3, -0.25) is 4.79 Å². The van der Waals surface area contributed by atoms with Gasteiger partial charge in [0.15, 0.2) is 11.0 Å². The van der Waals surface area contributed by atoms with Gasteiger partial charge in [-0.15, -0.1) is 10.2 Å². The molecule has 0 radical (unpaired) electrons. The molecular weight excluding hydrogens is 375 g/mol. The SMILES string of the molecule is CC(Sc1nnc(-c2ccc(F)cc2)n1C)C(=O)Nc1ccccc1C(C)C. The first-order chi connectivity index (χ1) is 13.4. The highest BCUT2D eigenvalue weighted by Crippen LogP contribution is 2.28. The molecule has 7 heteroatoms. The smallest absolute Gasteiger partial charge is 0.237 e. The molecule has 3 rings (SSSR count). The summed E-state index contributed by atoms with van der Waals surface area (Å²) in [5, 5.41) is 11.7. The third kappa shape index (κ3) is 4.42. The quantitative estimate of drug-likeness (QED) is 0.602. The van der Waals surface area contributed by atoms with Crippen molar-refractivity contribution in [3.05, 3.63) is 59.9 Å². The van der Waals surface area contributed by atoms with Gasteiger partial charge < -0.3 is 9.88 Å². The second-order valence-corrected chi connectivity index (χ2v) is 8.17. The van der Waals surface area contributed by atoms with Crippen LogP contribution in [0.5, 0.6) is 0 Å². The van der Waals surface area contributed by atoms with E-state index in [1.807, 2.05) is 42.8 Å². The largest absolute Gasteiger partial charge is 0.325 e. The number of para-hydroxylation sites is 1. The Kier molecular flexibility index (Phi) is 6.14. The van der Waals surface area contributed by atoms with Crippen LogP contribution in [-0.2, 0) is 11.8 Å². The van der Waals surface area contributed by atoms with E-state index in [4.69, 9.17) is 0 Å². The molecule has 0 fully saturated rings. The normalized spacial score (nSPS) is 12.2. The van der Waals surface area contributed by atoms with Crippen molar-refractivity contribution in [3.8, 4) is 11.4 Å². The fourth-order valence-electron chi connectivity index (χ4n) is 2.83. The average Bonchev–Trinajstić information content (AvgIpc) is 3.03. The Hall–Kier alpha value is -2.67. The highest BCUT2D eigenvalue weighted by molar-refractivity contribution is 8.00. The van der Waals surface area contributed by atoms with Crippen LogP contribution in [0.25, 0.3) is 11.4 Å². The van der Waals surface area contributed by atoms with E-state index in [9.17, 15) is 9.18 Å². The van der Waals surface area contributed by atoms with E-state index in [1.54, 1.807) is 12.1 Å². The molecule has 1 heterocycles. The third-order valence-corrected chi connectivity index (χ3v) is 5.56. The molecule has 1 N–H and O–H groups in total. The predicted octanol–water partition coefficient (Wildman–Crippen LogP) is 4.86. The topological polar surface area (TPSA) is 59.8 Å². The molecule has 1 unspecified atom stereocenters. The summed E-state index contributed by atoms with van der Waals surface area (Å²) in [6.45, 7) is 6.03. The van der Waals surface area contributed by atoms with E-state index in [0.717, 1.165) is 16.8 Å². The number of thioether (sulfide) groups is 1. The Bertz CT molecular complexity index is 969. The van der Waals surface area contributed by atoms with E-state index >= 15 is 0 Å². The summed E-state index contributed by atoms with van der Waals surface area (Å²) in [7, 11) is 1.83. The van der Waals surface area contributed by atoms with Crippen molar-refractivity contribution in [3.63, 3.8) is 0 Å². The van der Waals surface area contributed by atoms with Crippen LogP contribution in [0.2, 0.25) is 0 Å². The van der Waals surface area contributed by atoms with Crippen LogP contribution < -0.4 is 5.32 Å². The molecule has 3 aromatic rings. The van der Waals surface area contributed by atoms with Gasteiger partial charge in [0.2, 0.25) is 5.91 Å². The van der Waals surface area contributed by atoms with E-state index < -0.39 is 0 Å². The number of hydrogen-bond acceptors (Lipinski definition) is 4. The number of anilines is 1. The molecule has 146 valence electrons. The number of carbonyl (C=O) groups excluding carboxylic acids is 1. The fraction of sp³-hybridized carbons (Fsp3) is 0.286. The Morgan fingerprint density at radius 3 is 2.43 bits per heavy atom. The predicted molar refractivity (Wildman–Crippen MR) is 111 cm³/mol. The molecule has 5 nitrogen and oxygen atoms in total. The summed E-state index contributed by atoms with van der Waals surface area (Å²) in [4.78, 5) is 12.7. The number of amides is 1. The van der Waals surface area contributed by atoms with Crippen LogP contribution in [0.3, 0.4) is 0 Å². The lowest BCUT2D eigenvalue weighted by Crippen LogP contribution is -2.23. The number of nitrogens with zero attached hydrogens (tertiary/aromatic N) is 3. The van der Waals surface area contributed by atoms with Gasteiger partial charge in [0.25, 0.3) is 0 Å². The molecule has 0 aliphatic carbocycles. The van der Waals surface area contributed by atoms with Crippen molar-refractivity contribution in [2.45, 2.75) is 37.1 Å². The average molecular weight is 399 g/mol. The van der Waals surface area contributed by atoms with Gasteiger partial charge in [-0.25, -0.2) is 4.39 Å². The lowest BCUT2D eigenvalue weighted by molar-refractivity contribution is -0.115. The summed E-state index contributed by atoms with van der Waals surface area (Å²) in [5.74, 6) is 0.550. The van der Waals surface area contributed by atoms with Crippen molar-refractivity contribution in [2.75, 3.05) is 5.32 Å². The van der Waals surface area contributed by atoms with Gasteiger partial charge in [0.1, 0.15) is 5.82 Å². The maximum Gasteiger partial charge on any atom is 0.237 e. The molecule has 0 spiro atoms. The first kappa shape index (κ1) is 20.1. The van der Waals surface area contributed by atoms with E-state index in [0.29, 0.717) is 16.9 Å². The minimum Gasteiger partial charge on any atom is -0.325 e. The molecule has 1 aromatic heterocycles. The molecular formula is C21H23FN4OS. The fourth-order valence-corrected chi connectivity index (χ4v) is 3.64. The standard InChI is InChI=1S/C21H23FN4OS/c1-13(2)17-7-5-6-8-18(17)23-20(27)14(3)28-21-25-24-19(26(21)4)15-9-11-16(22)12-10-15/h5-14H,1-4H3,(H,23,27). The van der Waals surface area contributed by atoms with Crippen LogP contribution in [0.15, 0.2) is 53.7 Å². The summed E-state index contributed by atoms with van der Waals surface area (Å²) in [6.07, 6.45) is 0. The minimum atomic E-state index is -0.357. The summed E-state index contributed by atoms with van der Waals surface area (Å²) >= 11 is 1.33. The highest BCUT2D eigenvalue weighted by atomic mass is 32.2. The van der Waals surface area contributed by atoms with Gasteiger partial charge in [-0.05, 0) is 48.7 Å². The second-order valence-electron chi connectivity index (χ2n) is 6.86. The van der Waals surface area contributed by atoms with Crippen LogP contribution in [-0.4, -0.2) is 25.9 Å². The zero-order valence-corrected chi connectivity index (χ0v) is 17.1. The van der Waals surface area contributed by atoms with Gasteiger partial charge in [-0.2, -0.15) is 0 Å². The summed E-state index contributed by atoms with van der Waals surface area (Å²) in [6, 6.07) is 13.9. The molecule has 0 saturated heterocycles. The Labute approximate surface area is 168 Å². The lowest BCUT2D eigenvalue weighted by Gasteiger charge is -2.16. The number of rotatable bonds is 6. The van der Waals surface area contributed by atoms with Gasteiger partial charge in [-0.1, -0.05) is 43.8 Å². The van der Waals surface area contributed by atoms with Gasteiger partial charge >= 0.3 is 0 Å². The number of benzene rings is 2. The van der Waals surface area contributed by atoms with Gasteiger partial charge in [0.05, 0.1) is 5.25 Å². The monoisotopic (exact) mass is 398 g/mol. The van der Waals surface area contributed by atoms with Crippen LogP contribution in [0.4, 0.5) is 10.1 Å². The number of halogens is 1. The molecule has 2 aromatic carbocycles. The number of nitrogens with one attached hydrogen (secondary N) is 1. The van der Waals surface area contributed by atoms with E-state index in [1.165, 1.54) is 23.9 Å². The summed E-state index contributed by atoms with van der Waals surface area (Å²) < 4.78 is 14.9. The molecule has 1 amide bonds. The van der Waals surface area contributed by atoms with Gasteiger partial charge in [0, 0.05) is 18.3 Å². The summed E-state index contributed by atoms with van der Waals surface area (Å²) in [5.41, 5.74) is 2.71. The van der Waals surface area contributed by atoms with E-state index in [-0.39, 0.29) is 17.0 Å². The third-order valence-electron chi connectivity index (χ3n) is 4.43. The van der Waals surface area contributed by atoms with Crippen LogP contribution >= 0.6 is 11.8 Å². The first-order valence-corrected chi connectivity index (χ1v) is 9.96. The van der Waals surface area contributed by atoms with Crippen molar-refractivity contribution in [1.29, 1.82) is 0 Å². The number of aromatic nitrogens is 3. The maximum atomic E-state index is 13.1. The van der Waals surface area contributed by atoms with Crippen LogP contribution in [0, 0.1) is 5.82 Å². The van der Waals surface area contributed by atoms with Crippen molar-refractivity contribution in [1.82, 2.24) is 14.8 Å². The highest BCUT2D eigenvalue weighted by Gasteiger charge is 2.20. The molecule has 0 aliphatic heterocycles. The molecule has 0 aliphatic rings. The molecule has 1 atom stereocenters. The lowest BCUT2D eigenvalue weighted by atomic mass is 10.0. The Balaban J connectivity index is 1.72. The number of hydrogen-bond donors (Lipinski definition) is 1. The molecule has 0 bridgehead atoms. The molecule has 0 saturated carbocycles.